The van der Waals surface area contributed by atoms with E-state index in [1.165, 1.54) is 16.9 Å². The van der Waals surface area contributed by atoms with E-state index in [4.69, 9.17) is 10.3 Å². The number of hydrogen-bond donors (Lipinski definition) is 3. The van der Waals surface area contributed by atoms with Gasteiger partial charge in [-0.05, 0) is 35.0 Å². The molecule has 1 amide bonds. The Hall–Kier alpha value is -2.12. The molecular formula is C11H10N2O4S. The van der Waals surface area contributed by atoms with Crippen LogP contribution in [0.4, 0.5) is 5.69 Å². The molecule has 0 atom stereocenters. The number of amides is 1. The van der Waals surface area contributed by atoms with Crippen molar-refractivity contribution in [2.75, 3.05) is 5.73 Å². The van der Waals surface area contributed by atoms with Gasteiger partial charge in [0.2, 0.25) is 0 Å². The van der Waals surface area contributed by atoms with Crippen LogP contribution in [0.5, 0.6) is 0 Å². The van der Waals surface area contributed by atoms with Gasteiger partial charge >= 0.3 is 10.3 Å². The van der Waals surface area contributed by atoms with E-state index < -0.39 is 16.2 Å². The van der Waals surface area contributed by atoms with E-state index in [2.05, 4.69) is 0 Å². The van der Waals surface area contributed by atoms with E-state index in [1.54, 1.807) is 24.3 Å². The molecule has 0 fully saturated rings. The SMILES string of the molecule is Nc1ccc2cc(C(=O)NS(=O)(=O)O)ccc2c1. The lowest BCUT2D eigenvalue weighted by atomic mass is 10.1. The highest BCUT2D eigenvalue weighted by Gasteiger charge is 2.12. The van der Waals surface area contributed by atoms with Crippen LogP contribution in [0.2, 0.25) is 0 Å². The number of fused-ring (bicyclic) bond motifs is 1. The Kier molecular flexibility index (Phi) is 2.93. The molecule has 2 aromatic carbocycles. The normalized spacial score (nSPS) is 11.4. The number of nitrogens with one attached hydrogen (secondary N) is 1. The fourth-order valence-electron chi connectivity index (χ4n) is 1.58. The van der Waals surface area contributed by atoms with Gasteiger partial charge in [-0.25, -0.2) is 4.72 Å². The zero-order valence-electron chi connectivity index (χ0n) is 9.12. The molecular weight excluding hydrogens is 256 g/mol. The average molecular weight is 266 g/mol. The van der Waals surface area contributed by atoms with Gasteiger partial charge in [-0.3, -0.25) is 9.35 Å². The molecule has 0 saturated carbocycles. The Bertz CT molecular complexity index is 725. The number of carbonyl (C=O) groups excluding carboxylic acids is 1. The van der Waals surface area contributed by atoms with Crippen LogP contribution in [0.15, 0.2) is 36.4 Å². The first-order valence-electron chi connectivity index (χ1n) is 4.94. The molecule has 18 heavy (non-hydrogen) atoms. The Morgan fingerprint density at radius 3 is 2.39 bits per heavy atom. The Morgan fingerprint density at radius 2 is 1.72 bits per heavy atom. The molecule has 0 aromatic heterocycles. The molecule has 6 nitrogen and oxygen atoms in total. The lowest BCUT2D eigenvalue weighted by Gasteiger charge is -2.04. The molecule has 0 saturated heterocycles. The number of nitrogens with two attached hydrogens (primary N) is 1. The summed E-state index contributed by atoms with van der Waals surface area (Å²) in [7, 11) is -4.55. The third kappa shape index (κ3) is 2.76. The zero-order valence-corrected chi connectivity index (χ0v) is 9.94. The van der Waals surface area contributed by atoms with Crippen LogP contribution in [0, 0.1) is 0 Å². The smallest absolute Gasteiger partial charge is 0.359 e. The second kappa shape index (κ2) is 4.28. The molecule has 0 spiro atoms. The second-order valence-electron chi connectivity index (χ2n) is 3.73. The lowest BCUT2D eigenvalue weighted by molar-refractivity contribution is 0.0979. The lowest BCUT2D eigenvalue weighted by Crippen LogP contribution is -2.29. The minimum absolute atomic E-state index is 0.130. The van der Waals surface area contributed by atoms with E-state index in [0.717, 1.165) is 10.8 Å². The van der Waals surface area contributed by atoms with E-state index >= 15 is 0 Å². The summed E-state index contributed by atoms with van der Waals surface area (Å²) in [5, 5.41) is 1.57. The first-order valence-corrected chi connectivity index (χ1v) is 6.38. The van der Waals surface area contributed by atoms with Crippen molar-refractivity contribution in [2.45, 2.75) is 0 Å². The zero-order chi connectivity index (χ0) is 13.3. The molecule has 0 bridgehead atoms. The maximum absolute atomic E-state index is 11.5. The second-order valence-corrected chi connectivity index (χ2v) is 4.88. The van der Waals surface area contributed by atoms with Gasteiger partial charge in [0.15, 0.2) is 0 Å². The minimum Gasteiger partial charge on any atom is -0.399 e. The van der Waals surface area contributed by atoms with Crippen LogP contribution in [0.1, 0.15) is 10.4 Å². The summed E-state index contributed by atoms with van der Waals surface area (Å²) in [4.78, 5) is 11.5. The van der Waals surface area contributed by atoms with Gasteiger partial charge in [-0.1, -0.05) is 12.1 Å². The maximum atomic E-state index is 11.5. The Balaban J connectivity index is 2.41. The third-order valence-electron chi connectivity index (χ3n) is 2.35. The van der Waals surface area contributed by atoms with Gasteiger partial charge in [0.05, 0.1) is 0 Å². The van der Waals surface area contributed by atoms with Gasteiger partial charge in [0.1, 0.15) is 0 Å². The molecule has 0 aliphatic rings. The molecule has 94 valence electrons. The van der Waals surface area contributed by atoms with E-state index in [0.29, 0.717) is 5.69 Å². The summed E-state index contributed by atoms with van der Waals surface area (Å²) < 4.78 is 31.1. The summed E-state index contributed by atoms with van der Waals surface area (Å²) in [6.45, 7) is 0. The topological polar surface area (TPSA) is 109 Å². The monoisotopic (exact) mass is 266 g/mol. The predicted octanol–water partition coefficient (Wildman–Crippen LogP) is 0.955. The quantitative estimate of drug-likeness (QED) is 0.554. The van der Waals surface area contributed by atoms with Crippen LogP contribution in [-0.4, -0.2) is 18.9 Å². The molecule has 2 aromatic rings. The van der Waals surface area contributed by atoms with Gasteiger partial charge in [0, 0.05) is 11.3 Å². The molecule has 4 N–H and O–H groups in total. The van der Waals surface area contributed by atoms with Crippen molar-refractivity contribution in [3.05, 3.63) is 42.0 Å². The highest BCUT2D eigenvalue weighted by atomic mass is 32.2. The fourth-order valence-corrected chi connectivity index (χ4v) is 1.93. The summed E-state index contributed by atoms with van der Waals surface area (Å²) in [5.41, 5.74) is 6.34. The first-order chi connectivity index (χ1) is 8.35. The number of anilines is 1. The number of benzene rings is 2. The minimum atomic E-state index is -4.55. The summed E-state index contributed by atoms with van der Waals surface area (Å²) in [6.07, 6.45) is 0. The molecule has 7 heteroatoms. The number of carbonyl (C=O) groups is 1. The number of nitrogen functional groups attached to an aromatic ring is 1. The van der Waals surface area contributed by atoms with Crippen LogP contribution >= 0.6 is 0 Å². The molecule has 2 rings (SSSR count). The standard InChI is InChI=1S/C11H10N2O4S/c12-10-4-3-7-5-9(2-1-8(7)6-10)11(14)13-18(15,16)17/h1-6H,12H2,(H,13,14)(H,15,16,17). The van der Waals surface area contributed by atoms with Crippen LogP contribution in [-0.2, 0) is 10.3 Å². The van der Waals surface area contributed by atoms with Crippen LogP contribution in [0.3, 0.4) is 0 Å². The van der Waals surface area contributed by atoms with Gasteiger partial charge in [0.25, 0.3) is 5.91 Å². The fraction of sp³-hybridized carbons (Fsp3) is 0. The van der Waals surface area contributed by atoms with E-state index in [1.807, 2.05) is 0 Å². The van der Waals surface area contributed by atoms with Crippen LogP contribution < -0.4 is 10.5 Å². The van der Waals surface area contributed by atoms with Crippen molar-refractivity contribution in [2.24, 2.45) is 0 Å². The van der Waals surface area contributed by atoms with Crippen molar-refractivity contribution in [3.8, 4) is 0 Å². The number of rotatable bonds is 2. The van der Waals surface area contributed by atoms with Gasteiger partial charge in [-0.2, -0.15) is 8.42 Å². The van der Waals surface area contributed by atoms with E-state index in [-0.39, 0.29) is 5.56 Å². The van der Waals surface area contributed by atoms with Gasteiger partial charge < -0.3 is 5.73 Å². The third-order valence-corrected chi connectivity index (χ3v) is 2.79. The summed E-state index contributed by atoms with van der Waals surface area (Å²) >= 11 is 0. The highest BCUT2D eigenvalue weighted by Crippen LogP contribution is 2.19. The van der Waals surface area contributed by atoms with Crippen molar-refractivity contribution in [1.82, 2.24) is 4.72 Å². The van der Waals surface area contributed by atoms with Crippen molar-refractivity contribution < 1.29 is 17.8 Å². The predicted molar refractivity (Wildman–Crippen MR) is 67.4 cm³/mol. The summed E-state index contributed by atoms with van der Waals surface area (Å²) in [6, 6.07) is 9.73. The average Bonchev–Trinajstić information content (AvgIpc) is 2.26. The van der Waals surface area contributed by atoms with Crippen LogP contribution in [0.25, 0.3) is 10.8 Å². The van der Waals surface area contributed by atoms with Gasteiger partial charge in [-0.15, -0.1) is 0 Å². The maximum Gasteiger partial charge on any atom is 0.359 e. The Labute approximate surface area is 103 Å². The molecule has 0 aliphatic heterocycles. The largest absolute Gasteiger partial charge is 0.399 e. The number of hydrogen-bond acceptors (Lipinski definition) is 4. The van der Waals surface area contributed by atoms with Crippen molar-refractivity contribution in [1.29, 1.82) is 0 Å². The highest BCUT2D eigenvalue weighted by molar-refractivity contribution is 7.84. The molecule has 0 heterocycles. The Morgan fingerprint density at radius 1 is 1.11 bits per heavy atom. The summed E-state index contributed by atoms with van der Waals surface area (Å²) in [5.74, 6) is -0.892. The van der Waals surface area contributed by atoms with Crippen molar-refractivity contribution in [3.63, 3.8) is 0 Å². The van der Waals surface area contributed by atoms with Crippen molar-refractivity contribution >= 4 is 32.7 Å². The molecule has 0 unspecified atom stereocenters. The molecule has 0 aliphatic carbocycles. The first kappa shape index (κ1) is 12.3. The molecule has 0 radical (unpaired) electrons. The van der Waals surface area contributed by atoms with E-state index in [9.17, 15) is 13.2 Å².